The van der Waals surface area contributed by atoms with Crippen molar-refractivity contribution in [1.82, 2.24) is 9.97 Å². The first-order valence-corrected chi connectivity index (χ1v) is 6.04. The van der Waals surface area contributed by atoms with E-state index in [0.29, 0.717) is 5.16 Å². The van der Waals surface area contributed by atoms with Crippen molar-refractivity contribution >= 4 is 34.4 Å². The van der Waals surface area contributed by atoms with Gasteiger partial charge in [0.15, 0.2) is 5.16 Å². The Morgan fingerprint density at radius 1 is 1.07 bits per heavy atom. The molecule has 0 atom stereocenters. The van der Waals surface area contributed by atoms with Crippen LogP contribution in [0, 0.1) is 9.39 Å². The van der Waals surface area contributed by atoms with Crippen LogP contribution < -0.4 is 0 Å². The fourth-order valence-corrected chi connectivity index (χ4v) is 1.93. The third-order valence-corrected chi connectivity index (χ3v) is 3.08. The van der Waals surface area contributed by atoms with E-state index in [0.717, 1.165) is 8.47 Å². The summed E-state index contributed by atoms with van der Waals surface area (Å²) in [6, 6.07) is 6.27. The maximum Gasteiger partial charge on any atom is 0.192 e. The van der Waals surface area contributed by atoms with E-state index in [1.165, 1.54) is 23.9 Å². The largest absolute Gasteiger partial charge is 0.230 e. The van der Waals surface area contributed by atoms with Crippen LogP contribution in [0.5, 0.6) is 0 Å². The lowest BCUT2D eigenvalue weighted by Gasteiger charge is -1.99. The number of aromatic nitrogens is 2. The first-order chi connectivity index (χ1) is 7.24. The van der Waals surface area contributed by atoms with Crippen molar-refractivity contribution in [2.75, 3.05) is 0 Å². The summed E-state index contributed by atoms with van der Waals surface area (Å²) in [4.78, 5) is 9.22. The van der Waals surface area contributed by atoms with Crippen LogP contribution in [-0.2, 0) is 0 Å². The second-order valence-electron chi connectivity index (χ2n) is 2.74. The Kier molecular flexibility index (Phi) is 3.53. The second-order valence-corrected chi connectivity index (χ2v) is 5.03. The molecule has 0 aliphatic heterocycles. The maximum absolute atomic E-state index is 12.6. The quantitative estimate of drug-likeness (QED) is 0.623. The highest BCUT2D eigenvalue weighted by atomic mass is 127. The zero-order valence-electron chi connectivity index (χ0n) is 7.52. The van der Waals surface area contributed by atoms with Crippen LogP contribution in [0.3, 0.4) is 0 Å². The summed E-state index contributed by atoms with van der Waals surface area (Å²) in [5.41, 5.74) is 0. The van der Waals surface area contributed by atoms with Gasteiger partial charge in [-0.3, -0.25) is 0 Å². The molecule has 0 fully saturated rings. The third-order valence-electron chi connectivity index (χ3n) is 1.62. The third kappa shape index (κ3) is 3.13. The monoisotopic (exact) mass is 332 g/mol. The molecule has 1 heterocycles. The molecule has 0 spiro atoms. The van der Waals surface area contributed by atoms with Crippen LogP contribution in [0.2, 0.25) is 0 Å². The van der Waals surface area contributed by atoms with Gasteiger partial charge in [0.1, 0.15) is 5.82 Å². The van der Waals surface area contributed by atoms with Crippen LogP contribution in [-0.4, -0.2) is 9.97 Å². The van der Waals surface area contributed by atoms with E-state index in [-0.39, 0.29) is 5.82 Å². The molecule has 0 aliphatic carbocycles. The lowest BCUT2D eigenvalue weighted by atomic mass is 10.4. The predicted molar refractivity (Wildman–Crippen MR) is 65.3 cm³/mol. The molecule has 15 heavy (non-hydrogen) atoms. The summed E-state index contributed by atoms with van der Waals surface area (Å²) >= 11 is 3.56. The van der Waals surface area contributed by atoms with E-state index in [1.807, 2.05) is 0 Å². The van der Waals surface area contributed by atoms with E-state index in [1.54, 1.807) is 24.5 Å². The van der Waals surface area contributed by atoms with Gasteiger partial charge < -0.3 is 0 Å². The number of hydrogen-bond donors (Lipinski definition) is 0. The molecule has 2 aromatic rings. The normalized spacial score (nSPS) is 10.3. The molecule has 5 heteroatoms. The summed E-state index contributed by atoms with van der Waals surface area (Å²) < 4.78 is 13.6. The lowest BCUT2D eigenvalue weighted by Crippen LogP contribution is -1.86. The highest BCUT2D eigenvalue weighted by Gasteiger charge is 2.00. The van der Waals surface area contributed by atoms with Gasteiger partial charge >= 0.3 is 0 Å². The molecule has 2 rings (SSSR count). The van der Waals surface area contributed by atoms with Gasteiger partial charge in [0, 0.05) is 20.9 Å². The van der Waals surface area contributed by atoms with Gasteiger partial charge in [-0.2, -0.15) is 0 Å². The van der Waals surface area contributed by atoms with Crippen LogP contribution in [0.4, 0.5) is 4.39 Å². The standard InChI is InChI=1S/C10H6FIN2S/c11-7-1-3-9(4-2-7)15-10-13-5-8(12)6-14-10/h1-6H. The Hall–Kier alpha value is -0.690. The minimum absolute atomic E-state index is 0.233. The Bertz CT molecular complexity index is 400. The molecule has 0 saturated heterocycles. The van der Waals surface area contributed by atoms with Gasteiger partial charge in [0.2, 0.25) is 0 Å². The Labute approximate surface area is 104 Å². The van der Waals surface area contributed by atoms with Gasteiger partial charge in [-0.05, 0) is 58.6 Å². The summed E-state index contributed by atoms with van der Waals surface area (Å²) in [7, 11) is 0. The van der Waals surface area contributed by atoms with Crippen LogP contribution in [0.15, 0.2) is 46.7 Å². The minimum Gasteiger partial charge on any atom is -0.230 e. The highest BCUT2D eigenvalue weighted by Crippen LogP contribution is 2.24. The van der Waals surface area contributed by atoms with Crippen molar-refractivity contribution in [2.24, 2.45) is 0 Å². The molecule has 0 amide bonds. The SMILES string of the molecule is Fc1ccc(Sc2ncc(I)cn2)cc1. The van der Waals surface area contributed by atoms with E-state index in [4.69, 9.17) is 0 Å². The van der Waals surface area contributed by atoms with Crippen molar-refractivity contribution in [3.63, 3.8) is 0 Å². The number of hydrogen-bond acceptors (Lipinski definition) is 3. The molecule has 0 N–H and O–H groups in total. The van der Waals surface area contributed by atoms with Gasteiger partial charge in [-0.25, -0.2) is 14.4 Å². The van der Waals surface area contributed by atoms with E-state index < -0.39 is 0 Å². The van der Waals surface area contributed by atoms with Gasteiger partial charge in [0.25, 0.3) is 0 Å². The fourth-order valence-electron chi connectivity index (χ4n) is 0.961. The predicted octanol–water partition coefficient (Wildman–Crippen LogP) is 3.37. The second kappa shape index (κ2) is 4.89. The van der Waals surface area contributed by atoms with E-state index >= 15 is 0 Å². The van der Waals surface area contributed by atoms with Gasteiger partial charge in [-0.1, -0.05) is 0 Å². The zero-order chi connectivity index (χ0) is 10.7. The molecule has 0 unspecified atom stereocenters. The summed E-state index contributed by atoms with van der Waals surface area (Å²) in [6.45, 7) is 0. The summed E-state index contributed by atoms with van der Waals surface area (Å²) in [5, 5.41) is 0.669. The van der Waals surface area contributed by atoms with Crippen molar-refractivity contribution in [3.8, 4) is 0 Å². The topological polar surface area (TPSA) is 25.8 Å². The highest BCUT2D eigenvalue weighted by molar-refractivity contribution is 14.1. The van der Waals surface area contributed by atoms with E-state index in [9.17, 15) is 4.39 Å². The Balaban J connectivity index is 2.15. The van der Waals surface area contributed by atoms with Crippen molar-refractivity contribution in [3.05, 3.63) is 46.0 Å². The minimum atomic E-state index is -0.233. The lowest BCUT2D eigenvalue weighted by molar-refractivity contribution is 0.626. The molecule has 1 aromatic heterocycles. The molecular formula is C10H6FIN2S. The fraction of sp³-hybridized carbons (Fsp3) is 0. The molecule has 0 saturated carbocycles. The average Bonchev–Trinajstić information content (AvgIpc) is 2.25. The summed E-state index contributed by atoms with van der Waals surface area (Å²) in [5.74, 6) is -0.233. The number of benzene rings is 1. The maximum atomic E-state index is 12.6. The molecule has 2 nitrogen and oxygen atoms in total. The number of rotatable bonds is 2. The molecular weight excluding hydrogens is 326 g/mol. The average molecular weight is 332 g/mol. The Morgan fingerprint density at radius 2 is 1.67 bits per heavy atom. The molecule has 1 aromatic carbocycles. The smallest absolute Gasteiger partial charge is 0.192 e. The first kappa shape index (κ1) is 10.8. The van der Waals surface area contributed by atoms with Crippen molar-refractivity contribution < 1.29 is 4.39 Å². The van der Waals surface area contributed by atoms with Gasteiger partial charge in [0.05, 0.1) is 0 Å². The van der Waals surface area contributed by atoms with Crippen molar-refractivity contribution in [2.45, 2.75) is 10.1 Å². The first-order valence-electron chi connectivity index (χ1n) is 4.15. The van der Waals surface area contributed by atoms with Crippen LogP contribution in [0.1, 0.15) is 0 Å². The molecule has 0 radical (unpaired) electrons. The van der Waals surface area contributed by atoms with Gasteiger partial charge in [-0.15, -0.1) is 0 Å². The summed E-state index contributed by atoms with van der Waals surface area (Å²) in [6.07, 6.45) is 3.50. The Morgan fingerprint density at radius 3 is 2.27 bits per heavy atom. The zero-order valence-corrected chi connectivity index (χ0v) is 10.5. The van der Waals surface area contributed by atoms with Crippen LogP contribution in [0.25, 0.3) is 0 Å². The molecule has 76 valence electrons. The molecule has 0 bridgehead atoms. The van der Waals surface area contributed by atoms with Crippen LogP contribution >= 0.6 is 34.4 Å². The molecule has 0 aliphatic rings. The number of nitrogens with zero attached hydrogens (tertiary/aromatic N) is 2. The van der Waals surface area contributed by atoms with E-state index in [2.05, 4.69) is 32.6 Å². The number of halogens is 2. The van der Waals surface area contributed by atoms with Crippen molar-refractivity contribution in [1.29, 1.82) is 0 Å².